The van der Waals surface area contributed by atoms with Gasteiger partial charge in [-0.3, -0.25) is 10.1 Å². The minimum absolute atomic E-state index is 0.0404. The smallest absolute Gasteiger partial charge is 0.269 e. The molecule has 1 aromatic carbocycles. The molecule has 1 aromatic rings. The maximum Gasteiger partial charge on any atom is 0.269 e. The number of benzene rings is 1. The monoisotopic (exact) mass is 255 g/mol. The van der Waals surface area contributed by atoms with Crippen LogP contribution in [0.15, 0.2) is 24.3 Å². The van der Waals surface area contributed by atoms with Crippen molar-refractivity contribution in [2.24, 2.45) is 5.73 Å². The Morgan fingerprint density at radius 1 is 1.39 bits per heavy atom. The van der Waals surface area contributed by atoms with Crippen molar-refractivity contribution in [1.82, 2.24) is 5.32 Å². The summed E-state index contributed by atoms with van der Waals surface area (Å²) in [7, 11) is 0. The van der Waals surface area contributed by atoms with Crippen LogP contribution in [0.4, 0.5) is 5.69 Å². The lowest BCUT2D eigenvalue weighted by atomic mass is 10.0. The second-order valence-corrected chi connectivity index (χ2v) is 3.83. The van der Waals surface area contributed by atoms with Crippen molar-refractivity contribution >= 4 is 5.69 Å². The molecule has 1 rings (SSSR count). The van der Waals surface area contributed by atoms with Crippen LogP contribution >= 0.6 is 0 Å². The molecule has 0 aromatic heterocycles. The molecule has 18 heavy (non-hydrogen) atoms. The molecule has 0 heterocycles. The van der Waals surface area contributed by atoms with E-state index in [4.69, 9.17) is 10.8 Å². The number of nitro groups is 1. The van der Waals surface area contributed by atoms with Gasteiger partial charge in [-0.15, -0.1) is 0 Å². The van der Waals surface area contributed by atoms with Crippen LogP contribution in [-0.4, -0.2) is 40.9 Å². The summed E-state index contributed by atoms with van der Waals surface area (Å²) in [6.07, 6.45) is -0.942. The zero-order valence-corrected chi connectivity index (χ0v) is 9.82. The molecule has 0 amide bonds. The molecule has 100 valence electrons. The summed E-state index contributed by atoms with van der Waals surface area (Å²) in [5.41, 5.74) is 5.79. The average Bonchev–Trinajstić information content (AvgIpc) is 2.39. The zero-order chi connectivity index (χ0) is 13.5. The first-order valence-electron chi connectivity index (χ1n) is 5.57. The van der Waals surface area contributed by atoms with Gasteiger partial charge in [0.2, 0.25) is 0 Å². The Labute approximate surface area is 104 Å². The lowest BCUT2D eigenvalue weighted by Gasteiger charge is -2.22. The number of nitrogens with zero attached hydrogens (tertiary/aromatic N) is 1. The lowest BCUT2D eigenvalue weighted by Crippen LogP contribution is -2.40. The molecule has 7 heteroatoms. The van der Waals surface area contributed by atoms with Crippen LogP contribution in [0.5, 0.6) is 0 Å². The highest BCUT2D eigenvalue weighted by atomic mass is 16.6. The predicted molar refractivity (Wildman–Crippen MR) is 66.0 cm³/mol. The van der Waals surface area contributed by atoms with Crippen LogP contribution in [0, 0.1) is 10.1 Å². The Morgan fingerprint density at radius 2 is 2.00 bits per heavy atom. The first-order valence-corrected chi connectivity index (χ1v) is 5.57. The second kappa shape index (κ2) is 7.02. The minimum atomic E-state index is -0.942. The van der Waals surface area contributed by atoms with Gasteiger partial charge in [0.05, 0.1) is 23.7 Å². The van der Waals surface area contributed by atoms with Crippen LogP contribution in [0.1, 0.15) is 11.7 Å². The molecule has 0 aliphatic carbocycles. The van der Waals surface area contributed by atoms with Crippen molar-refractivity contribution in [3.05, 3.63) is 39.9 Å². The summed E-state index contributed by atoms with van der Waals surface area (Å²) in [6, 6.07) is 5.02. The van der Waals surface area contributed by atoms with E-state index in [1.165, 1.54) is 24.3 Å². The van der Waals surface area contributed by atoms with E-state index in [0.717, 1.165) is 0 Å². The Balaban J connectivity index is 2.75. The van der Waals surface area contributed by atoms with Crippen molar-refractivity contribution in [1.29, 1.82) is 0 Å². The van der Waals surface area contributed by atoms with Crippen LogP contribution in [-0.2, 0) is 0 Å². The Hall–Kier alpha value is -1.54. The summed E-state index contributed by atoms with van der Waals surface area (Å²) in [5.74, 6) is 0. The highest BCUT2D eigenvalue weighted by Gasteiger charge is 2.20. The Morgan fingerprint density at radius 3 is 2.44 bits per heavy atom. The molecule has 0 radical (unpaired) electrons. The number of nitrogens with one attached hydrogen (secondary N) is 1. The van der Waals surface area contributed by atoms with E-state index in [1.54, 1.807) is 0 Å². The fourth-order valence-corrected chi connectivity index (χ4v) is 1.57. The van der Waals surface area contributed by atoms with Gasteiger partial charge in [0.1, 0.15) is 0 Å². The normalized spacial score (nSPS) is 14.2. The summed E-state index contributed by atoms with van der Waals surface area (Å²) in [5, 5.41) is 32.5. The lowest BCUT2D eigenvalue weighted by molar-refractivity contribution is -0.384. The van der Waals surface area contributed by atoms with Crippen LogP contribution in [0.25, 0.3) is 0 Å². The molecule has 7 nitrogen and oxygen atoms in total. The summed E-state index contributed by atoms with van der Waals surface area (Å²) >= 11 is 0. The van der Waals surface area contributed by atoms with E-state index in [9.17, 15) is 15.2 Å². The first-order chi connectivity index (χ1) is 8.60. The third kappa shape index (κ3) is 3.74. The van der Waals surface area contributed by atoms with Crippen molar-refractivity contribution in [3.8, 4) is 0 Å². The van der Waals surface area contributed by atoms with Gasteiger partial charge < -0.3 is 21.3 Å². The molecular formula is C11H17N3O4. The van der Waals surface area contributed by atoms with E-state index in [-0.39, 0.29) is 12.3 Å². The molecule has 0 aliphatic heterocycles. The van der Waals surface area contributed by atoms with Crippen LogP contribution in [0.2, 0.25) is 0 Å². The van der Waals surface area contributed by atoms with Gasteiger partial charge in [-0.25, -0.2) is 0 Å². The Bertz CT molecular complexity index is 382. The number of aliphatic hydroxyl groups excluding tert-OH is 2. The van der Waals surface area contributed by atoms with Gasteiger partial charge in [0, 0.05) is 25.2 Å². The maximum absolute atomic E-state index is 10.5. The van der Waals surface area contributed by atoms with Crippen LogP contribution < -0.4 is 11.1 Å². The summed E-state index contributed by atoms with van der Waals surface area (Å²) in [4.78, 5) is 9.98. The second-order valence-electron chi connectivity index (χ2n) is 3.83. The van der Waals surface area contributed by atoms with Gasteiger partial charge in [-0.1, -0.05) is 0 Å². The SMILES string of the molecule is NCCN[C@H](CO)[C@H](O)c1ccc([N+](=O)[O-])cc1. The number of non-ortho nitro benzene ring substituents is 1. The number of hydrogen-bond acceptors (Lipinski definition) is 6. The number of hydrogen-bond donors (Lipinski definition) is 4. The molecule has 5 N–H and O–H groups in total. The Kier molecular flexibility index (Phi) is 5.66. The number of rotatable bonds is 7. The number of nitrogens with two attached hydrogens (primary N) is 1. The molecular weight excluding hydrogens is 238 g/mol. The molecule has 0 spiro atoms. The van der Waals surface area contributed by atoms with Crippen molar-refractivity contribution in [2.45, 2.75) is 12.1 Å². The summed E-state index contributed by atoms with van der Waals surface area (Å²) in [6.45, 7) is 0.608. The quantitative estimate of drug-likeness (QED) is 0.386. The molecule has 0 bridgehead atoms. The number of aliphatic hydroxyl groups is 2. The fraction of sp³-hybridized carbons (Fsp3) is 0.455. The van der Waals surface area contributed by atoms with E-state index in [2.05, 4.69) is 5.32 Å². The van der Waals surface area contributed by atoms with Gasteiger partial charge in [-0.05, 0) is 17.7 Å². The minimum Gasteiger partial charge on any atom is -0.395 e. The van der Waals surface area contributed by atoms with Gasteiger partial charge in [0.25, 0.3) is 5.69 Å². The first kappa shape index (κ1) is 14.5. The molecule has 0 aliphatic rings. The van der Waals surface area contributed by atoms with Crippen molar-refractivity contribution < 1.29 is 15.1 Å². The molecule has 2 atom stereocenters. The van der Waals surface area contributed by atoms with E-state index in [0.29, 0.717) is 18.7 Å². The highest BCUT2D eigenvalue weighted by molar-refractivity contribution is 5.34. The van der Waals surface area contributed by atoms with E-state index < -0.39 is 17.1 Å². The largest absolute Gasteiger partial charge is 0.395 e. The molecule has 0 saturated carbocycles. The zero-order valence-electron chi connectivity index (χ0n) is 9.82. The molecule has 0 unspecified atom stereocenters. The van der Waals surface area contributed by atoms with Crippen molar-refractivity contribution in [2.75, 3.05) is 19.7 Å². The third-order valence-electron chi connectivity index (χ3n) is 2.57. The molecule has 0 fully saturated rings. The van der Waals surface area contributed by atoms with Gasteiger partial charge in [0.15, 0.2) is 0 Å². The van der Waals surface area contributed by atoms with E-state index >= 15 is 0 Å². The topological polar surface area (TPSA) is 122 Å². The predicted octanol–water partition coefficient (Wildman–Crippen LogP) is -0.463. The van der Waals surface area contributed by atoms with Gasteiger partial charge in [-0.2, -0.15) is 0 Å². The van der Waals surface area contributed by atoms with Crippen molar-refractivity contribution in [3.63, 3.8) is 0 Å². The molecule has 0 saturated heterocycles. The van der Waals surface area contributed by atoms with E-state index in [1.807, 2.05) is 0 Å². The standard InChI is InChI=1S/C11H17N3O4/c12-5-6-13-10(7-15)11(16)8-1-3-9(4-2-8)14(17)18/h1-4,10-11,13,15-16H,5-7,12H2/t10-,11-/m1/s1. The highest BCUT2D eigenvalue weighted by Crippen LogP contribution is 2.20. The number of nitro benzene ring substituents is 1. The average molecular weight is 255 g/mol. The third-order valence-corrected chi connectivity index (χ3v) is 2.57. The van der Waals surface area contributed by atoms with Gasteiger partial charge >= 0.3 is 0 Å². The maximum atomic E-state index is 10.5. The fourth-order valence-electron chi connectivity index (χ4n) is 1.57. The van der Waals surface area contributed by atoms with Crippen LogP contribution in [0.3, 0.4) is 0 Å². The summed E-state index contributed by atoms with van der Waals surface area (Å²) < 4.78 is 0.